The molecule has 0 aromatic heterocycles. The van der Waals surface area contributed by atoms with Gasteiger partial charge >= 0.3 is 6.03 Å². The molecule has 0 N–H and O–H groups in total. The summed E-state index contributed by atoms with van der Waals surface area (Å²) in [5.74, 6) is 1.95. The second-order valence-electron chi connectivity index (χ2n) is 2.60. The molecule has 1 heterocycles. The lowest BCUT2D eigenvalue weighted by molar-refractivity contribution is 0.178. The maximum absolute atomic E-state index is 11.4. The highest BCUT2D eigenvalue weighted by Gasteiger charge is 2.20. The van der Waals surface area contributed by atoms with Crippen molar-refractivity contribution < 1.29 is 4.79 Å². The van der Waals surface area contributed by atoms with Gasteiger partial charge in [0.2, 0.25) is 0 Å². The number of carbonyl (C=O) groups is 1. The highest BCUT2D eigenvalue weighted by molar-refractivity contribution is 7.99. The Kier molecular flexibility index (Phi) is 3.05. The molecule has 0 bridgehead atoms. The van der Waals surface area contributed by atoms with E-state index in [1.165, 1.54) is 0 Å². The topological polar surface area (TPSA) is 23.6 Å². The molecule has 3 nitrogen and oxygen atoms in total. The van der Waals surface area contributed by atoms with Crippen LogP contribution in [0.4, 0.5) is 4.79 Å². The van der Waals surface area contributed by atoms with Gasteiger partial charge in [0.25, 0.3) is 0 Å². The highest BCUT2D eigenvalue weighted by Crippen LogP contribution is 2.14. The summed E-state index contributed by atoms with van der Waals surface area (Å²) in [6.07, 6.45) is 0. The molecule has 0 aromatic carbocycles. The summed E-state index contributed by atoms with van der Waals surface area (Å²) < 4.78 is 0. The van der Waals surface area contributed by atoms with Gasteiger partial charge in [0.15, 0.2) is 0 Å². The molecule has 1 aliphatic heterocycles. The molecule has 11 heavy (non-hydrogen) atoms. The molecular formula is C7H14N2OS. The Hall–Kier alpha value is -0.380. The molecule has 0 unspecified atom stereocenters. The van der Waals surface area contributed by atoms with E-state index >= 15 is 0 Å². The van der Waals surface area contributed by atoms with Crippen molar-refractivity contribution in [3.8, 4) is 0 Å². The first-order chi connectivity index (χ1) is 5.25. The molecular weight excluding hydrogens is 160 g/mol. The summed E-state index contributed by atoms with van der Waals surface area (Å²) in [5.41, 5.74) is 0. The van der Waals surface area contributed by atoms with Crippen molar-refractivity contribution in [3.05, 3.63) is 0 Å². The second kappa shape index (κ2) is 3.85. The monoisotopic (exact) mass is 174 g/mol. The molecule has 64 valence electrons. The van der Waals surface area contributed by atoms with Crippen LogP contribution in [-0.2, 0) is 0 Å². The van der Waals surface area contributed by atoms with Crippen molar-refractivity contribution in [1.82, 2.24) is 9.80 Å². The van der Waals surface area contributed by atoms with Crippen LogP contribution < -0.4 is 0 Å². The van der Waals surface area contributed by atoms with Crippen LogP contribution in [0.2, 0.25) is 0 Å². The third-order valence-electron chi connectivity index (χ3n) is 1.82. The molecule has 4 heteroatoms. The molecule has 1 fully saturated rings. The normalized spacial score (nSPS) is 17.1. The Balaban J connectivity index is 2.39. The Labute approximate surface area is 71.7 Å². The fourth-order valence-corrected chi connectivity index (χ4v) is 1.88. The van der Waals surface area contributed by atoms with Crippen molar-refractivity contribution >= 4 is 17.8 Å². The van der Waals surface area contributed by atoms with E-state index in [0.717, 1.165) is 24.7 Å². The van der Waals surface area contributed by atoms with E-state index in [1.807, 2.05) is 30.6 Å². The summed E-state index contributed by atoms with van der Waals surface area (Å²) in [7, 11) is 1.84. The van der Waals surface area contributed by atoms with Gasteiger partial charge in [0.1, 0.15) is 0 Å². The fraction of sp³-hybridized carbons (Fsp3) is 0.857. The fourth-order valence-electron chi connectivity index (χ4n) is 0.942. The van der Waals surface area contributed by atoms with Crippen LogP contribution in [0.5, 0.6) is 0 Å². The van der Waals surface area contributed by atoms with Crippen LogP contribution in [0.3, 0.4) is 0 Å². The van der Waals surface area contributed by atoms with Gasteiger partial charge in [-0.15, -0.1) is 11.8 Å². The van der Waals surface area contributed by atoms with Crippen molar-refractivity contribution in [2.24, 2.45) is 0 Å². The standard InChI is InChI=1S/C7H14N2OS/c1-3-8(2)7(10)9-4-5-11-6-9/h3-6H2,1-2H3. The van der Waals surface area contributed by atoms with E-state index in [-0.39, 0.29) is 6.03 Å². The molecule has 1 saturated heterocycles. The van der Waals surface area contributed by atoms with Crippen LogP contribution in [-0.4, -0.2) is 47.6 Å². The number of carbonyl (C=O) groups excluding carboxylic acids is 1. The average molecular weight is 174 g/mol. The van der Waals surface area contributed by atoms with E-state index in [4.69, 9.17) is 0 Å². The lowest BCUT2D eigenvalue weighted by atomic mass is 10.6. The van der Waals surface area contributed by atoms with Gasteiger partial charge in [-0.05, 0) is 6.92 Å². The molecule has 0 aromatic rings. The zero-order chi connectivity index (χ0) is 8.27. The molecule has 0 radical (unpaired) electrons. The summed E-state index contributed by atoms with van der Waals surface area (Å²) in [6.45, 7) is 3.69. The molecule has 0 saturated carbocycles. The van der Waals surface area contributed by atoms with Gasteiger partial charge < -0.3 is 9.80 Å². The Morgan fingerprint density at radius 2 is 2.45 bits per heavy atom. The van der Waals surface area contributed by atoms with Gasteiger partial charge in [0, 0.05) is 25.9 Å². The SMILES string of the molecule is CCN(C)C(=O)N1CCSC1. The average Bonchev–Trinajstić information content (AvgIpc) is 2.53. The lowest BCUT2D eigenvalue weighted by Gasteiger charge is -2.22. The van der Waals surface area contributed by atoms with Gasteiger partial charge in [0.05, 0.1) is 5.88 Å². The largest absolute Gasteiger partial charge is 0.328 e. The molecule has 1 rings (SSSR count). The predicted octanol–water partition coefficient (Wildman–Crippen LogP) is 1.06. The molecule has 2 amide bonds. The number of nitrogens with zero attached hydrogens (tertiary/aromatic N) is 2. The van der Waals surface area contributed by atoms with Crippen molar-refractivity contribution in [1.29, 1.82) is 0 Å². The van der Waals surface area contributed by atoms with E-state index in [1.54, 1.807) is 4.90 Å². The minimum atomic E-state index is 0.164. The minimum Gasteiger partial charge on any atom is -0.328 e. The first-order valence-corrected chi connectivity index (χ1v) is 4.99. The number of amides is 2. The summed E-state index contributed by atoms with van der Waals surface area (Å²) in [4.78, 5) is 15.0. The van der Waals surface area contributed by atoms with E-state index in [9.17, 15) is 4.79 Å². The Morgan fingerprint density at radius 1 is 1.73 bits per heavy atom. The van der Waals surface area contributed by atoms with Crippen LogP contribution in [0, 0.1) is 0 Å². The number of hydrogen-bond donors (Lipinski definition) is 0. The molecule has 1 aliphatic rings. The zero-order valence-electron chi connectivity index (χ0n) is 7.04. The number of urea groups is 1. The summed E-state index contributed by atoms with van der Waals surface area (Å²) in [5, 5.41) is 0. The number of thioether (sulfide) groups is 1. The van der Waals surface area contributed by atoms with Gasteiger partial charge in [-0.25, -0.2) is 4.79 Å². The lowest BCUT2D eigenvalue weighted by Crippen LogP contribution is -2.39. The molecule has 0 atom stereocenters. The van der Waals surface area contributed by atoms with E-state index in [2.05, 4.69) is 0 Å². The molecule has 0 spiro atoms. The third-order valence-corrected chi connectivity index (χ3v) is 2.79. The van der Waals surface area contributed by atoms with Crippen LogP contribution in [0.25, 0.3) is 0 Å². The van der Waals surface area contributed by atoms with Crippen LogP contribution in [0.1, 0.15) is 6.92 Å². The maximum atomic E-state index is 11.4. The predicted molar refractivity (Wildman–Crippen MR) is 47.7 cm³/mol. The first-order valence-electron chi connectivity index (χ1n) is 3.83. The van der Waals surface area contributed by atoms with Crippen molar-refractivity contribution in [2.75, 3.05) is 31.8 Å². The van der Waals surface area contributed by atoms with Gasteiger partial charge in [-0.2, -0.15) is 0 Å². The van der Waals surface area contributed by atoms with E-state index < -0.39 is 0 Å². The summed E-state index contributed by atoms with van der Waals surface area (Å²) >= 11 is 1.82. The first kappa shape index (κ1) is 8.71. The molecule has 0 aliphatic carbocycles. The van der Waals surface area contributed by atoms with Crippen LogP contribution >= 0.6 is 11.8 Å². The van der Waals surface area contributed by atoms with Gasteiger partial charge in [-0.1, -0.05) is 0 Å². The highest BCUT2D eigenvalue weighted by atomic mass is 32.2. The third kappa shape index (κ3) is 2.02. The number of hydrogen-bond acceptors (Lipinski definition) is 2. The smallest absolute Gasteiger partial charge is 0.320 e. The van der Waals surface area contributed by atoms with Crippen molar-refractivity contribution in [2.45, 2.75) is 6.92 Å². The van der Waals surface area contributed by atoms with Crippen LogP contribution in [0.15, 0.2) is 0 Å². The number of rotatable bonds is 1. The zero-order valence-corrected chi connectivity index (χ0v) is 7.86. The Bertz CT molecular complexity index is 145. The quantitative estimate of drug-likeness (QED) is 0.593. The van der Waals surface area contributed by atoms with Crippen molar-refractivity contribution in [3.63, 3.8) is 0 Å². The maximum Gasteiger partial charge on any atom is 0.320 e. The Morgan fingerprint density at radius 3 is 2.91 bits per heavy atom. The van der Waals surface area contributed by atoms with E-state index in [0.29, 0.717) is 0 Å². The minimum absolute atomic E-state index is 0.164. The summed E-state index contributed by atoms with van der Waals surface area (Å²) in [6, 6.07) is 0.164. The van der Waals surface area contributed by atoms with Gasteiger partial charge in [-0.3, -0.25) is 0 Å². The second-order valence-corrected chi connectivity index (χ2v) is 3.67.